The first-order chi connectivity index (χ1) is 12.2. The predicted octanol–water partition coefficient (Wildman–Crippen LogP) is 5.67. The maximum absolute atomic E-state index is 6.01. The molecule has 0 saturated carbocycles. The Morgan fingerprint density at radius 1 is 1.27 bits per heavy atom. The monoisotopic (exact) mass is 374 g/mol. The molecule has 0 fully saturated rings. The van der Waals surface area contributed by atoms with E-state index < -0.39 is 0 Å². The van der Waals surface area contributed by atoms with Crippen molar-refractivity contribution in [1.29, 1.82) is 0 Å². The van der Waals surface area contributed by atoms with Crippen molar-refractivity contribution < 1.29 is 4.84 Å². The van der Waals surface area contributed by atoms with Crippen molar-refractivity contribution in [3.63, 3.8) is 0 Å². The summed E-state index contributed by atoms with van der Waals surface area (Å²) < 4.78 is 0. The van der Waals surface area contributed by atoms with Crippen molar-refractivity contribution in [3.8, 4) is 0 Å². The van der Waals surface area contributed by atoms with E-state index in [0.29, 0.717) is 12.5 Å². The number of oxime groups is 1. The Kier molecular flexibility index (Phi) is 7.08. The van der Waals surface area contributed by atoms with Gasteiger partial charge in [-0.1, -0.05) is 61.3 Å². The first-order valence-electron chi connectivity index (χ1n) is 9.17. The quantitative estimate of drug-likeness (QED) is 0.473. The fourth-order valence-corrected chi connectivity index (χ4v) is 3.60. The number of benzene rings is 1. The minimum atomic E-state index is -0.0839. The van der Waals surface area contributed by atoms with Gasteiger partial charge in [-0.15, -0.1) is 0 Å². The lowest BCUT2D eigenvalue weighted by molar-refractivity contribution is 0.101. The second-order valence-electron chi connectivity index (χ2n) is 8.20. The number of nitrogens with zero attached hydrogens (tertiary/aromatic N) is 2. The van der Waals surface area contributed by atoms with Crippen LogP contribution in [0.1, 0.15) is 39.7 Å². The van der Waals surface area contributed by atoms with Gasteiger partial charge in [0.15, 0.2) is 0 Å². The lowest BCUT2D eigenvalue weighted by Crippen LogP contribution is -2.25. The van der Waals surface area contributed by atoms with Gasteiger partial charge in [-0.2, -0.15) is 0 Å². The summed E-state index contributed by atoms with van der Waals surface area (Å²) in [6, 6.07) is 7.91. The fraction of sp³-hybridized carbons (Fsp3) is 0.500. The number of rotatable bonds is 6. The van der Waals surface area contributed by atoms with Gasteiger partial charge in [0, 0.05) is 29.3 Å². The zero-order valence-corrected chi connectivity index (χ0v) is 17.6. The number of hydrogen-bond donors (Lipinski definition) is 0. The Labute approximate surface area is 163 Å². The zero-order valence-electron chi connectivity index (χ0n) is 16.8. The average Bonchev–Trinajstić information content (AvgIpc) is 2.51. The van der Waals surface area contributed by atoms with Crippen molar-refractivity contribution in [3.05, 3.63) is 52.1 Å². The van der Waals surface area contributed by atoms with Crippen LogP contribution in [0.5, 0.6) is 0 Å². The van der Waals surface area contributed by atoms with Gasteiger partial charge in [0.25, 0.3) is 0 Å². The summed E-state index contributed by atoms with van der Waals surface area (Å²) in [4.78, 5) is 7.91. The van der Waals surface area contributed by atoms with Gasteiger partial charge in [-0.05, 0) is 50.4 Å². The highest BCUT2D eigenvalue weighted by Crippen LogP contribution is 2.38. The molecule has 0 aliphatic heterocycles. The summed E-state index contributed by atoms with van der Waals surface area (Å²) >= 11 is 6.01. The number of allylic oxidation sites excluding steroid dienone is 3. The van der Waals surface area contributed by atoms with Gasteiger partial charge in [-0.3, -0.25) is 0 Å². The van der Waals surface area contributed by atoms with Crippen LogP contribution in [0.3, 0.4) is 0 Å². The van der Waals surface area contributed by atoms with Crippen molar-refractivity contribution in [2.75, 3.05) is 27.2 Å². The highest BCUT2D eigenvalue weighted by atomic mass is 35.5. The van der Waals surface area contributed by atoms with Gasteiger partial charge in [0.1, 0.15) is 6.61 Å². The molecule has 0 spiro atoms. The maximum Gasteiger partial charge on any atom is 0.120 e. The molecule has 0 amide bonds. The first kappa shape index (κ1) is 20.7. The minimum Gasteiger partial charge on any atom is -0.395 e. The van der Waals surface area contributed by atoms with Crippen LogP contribution in [0.15, 0.2) is 46.6 Å². The van der Waals surface area contributed by atoms with E-state index in [1.165, 1.54) is 11.1 Å². The number of hydrogen-bond acceptors (Lipinski definition) is 3. The molecule has 0 radical (unpaired) electrons. The summed E-state index contributed by atoms with van der Waals surface area (Å²) in [5.41, 5.74) is 4.58. The smallest absolute Gasteiger partial charge is 0.120 e. The largest absolute Gasteiger partial charge is 0.395 e. The van der Waals surface area contributed by atoms with Gasteiger partial charge in [0.2, 0.25) is 0 Å². The molecule has 1 aromatic carbocycles. The summed E-state index contributed by atoms with van der Waals surface area (Å²) in [6.45, 7) is 10.4. The molecule has 26 heavy (non-hydrogen) atoms. The molecule has 0 aromatic heterocycles. The van der Waals surface area contributed by atoms with Crippen molar-refractivity contribution >= 4 is 23.4 Å². The van der Waals surface area contributed by atoms with Crippen LogP contribution in [0, 0.1) is 11.3 Å². The van der Waals surface area contributed by atoms with Gasteiger partial charge in [-0.25, -0.2) is 0 Å². The van der Waals surface area contributed by atoms with Gasteiger partial charge in [0.05, 0.1) is 5.71 Å². The molecule has 142 valence electrons. The molecular formula is C22H31ClN2O. The molecule has 3 nitrogen and oxygen atoms in total. The molecular weight excluding hydrogens is 344 g/mol. The highest BCUT2D eigenvalue weighted by molar-refractivity contribution is 6.30. The molecule has 0 bridgehead atoms. The summed E-state index contributed by atoms with van der Waals surface area (Å²) in [7, 11) is 4.15. The molecule has 1 atom stereocenters. The summed E-state index contributed by atoms with van der Waals surface area (Å²) in [5.74, 6) is 0.436. The van der Waals surface area contributed by atoms with Crippen LogP contribution < -0.4 is 0 Å². The average molecular weight is 375 g/mol. The molecule has 1 aliphatic carbocycles. The first-order valence-corrected chi connectivity index (χ1v) is 9.55. The Morgan fingerprint density at radius 3 is 2.54 bits per heavy atom. The molecule has 0 saturated heterocycles. The lowest BCUT2D eigenvalue weighted by Gasteiger charge is -2.31. The summed E-state index contributed by atoms with van der Waals surface area (Å²) in [6.07, 6.45) is 5.35. The van der Waals surface area contributed by atoms with Gasteiger partial charge >= 0.3 is 0 Å². The van der Waals surface area contributed by atoms with Crippen molar-refractivity contribution in [2.45, 2.75) is 34.1 Å². The second-order valence-corrected chi connectivity index (χ2v) is 8.64. The summed E-state index contributed by atoms with van der Waals surface area (Å²) in [5, 5.41) is 5.28. The van der Waals surface area contributed by atoms with E-state index in [4.69, 9.17) is 16.4 Å². The SMILES string of the molecule is CC1=CC(C)(C)C(=C/c2ccc(Cl)cc2)/C(=N/OCC(C)CN(C)C)C1. The molecule has 0 N–H and O–H groups in total. The molecule has 1 unspecified atom stereocenters. The van der Waals surface area contributed by atoms with E-state index in [2.05, 4.69) is 64.0 Å². The maximum atomic E-state index is 6.01. The van der Waals surface area contributed by atoms with Gasteiger partial charge < -0.3 is 9.74 Å². The van der Waals surface area contributed by atoms with Crippen LogP contribution in [0.25, 0.3) is 6.08 Å². The van der Waals surface area contributed by atoms with Crippen LogP contribution in [0.2, 0.25) is 5.02 Å². The third-order valence-corrected chi connectivity index (χ3v) is 4.70. The van der Waals surface area contributed by atoms with Crippen LogP contribution >= 0.6 is 11.6 Å². The lowest BCUT2D eigenvalue weighted by atomic mass is 9.74. The van der Waals surface area contributed by atoms with E-state index in [1.807, 2.05) is 24.3 Å². The van der Waals surface area contributed by atoms with Crippen LogP contribution in [-0.4, -0.2) is 37.9 Å². The van der Waals surface area contributed by atoms with E-state index >= 15 is 0 Å². The minimum absolute atomic E-state index is 0.0839. The molecule has 4 heteroatoms. The number of halogens is 1. The standard InChI is InChI=1S/C22H31ClN2O/c1-16-11-21(24-26-15-17(2)14-25(5)6)20(22(3,4)13-16)12-18-7-9-19(23)10-8-18/h7-10,12-13,17H,11,14-15H2,1-6H3/b20-12+,24-21+. The molecule has 2 rings (SSSR count). The molecule has 0 heterocycles. The Bertz CT molecular complexity index is 699. The van der Waals surface area contributed by atoms with Crippen LogP contribution in [-0.2, 0) is 4.84 Å². The molecule has 1 aromatic rings. The van der Waals surface area contributed by atoms with Crippen molar-refractivity contribution in [1.82, 2.24) is 4.90 Å². The highest BCUT2D eigenvalue weighted by Gasteiger charge is 2.30. The van der Waals surface area contributed by atoms with E-state index in [0.717, 1.165) is 29.3 Å². The normalized spacial score (nSPS) is 21.2. The van der Waals surface area contributed by atoms with Crippen molar-refractivity contribution in [2.24, 2.45) is 16.5 Å². The Hall–Kier alpha value is -1.58. The third kappa shape index (κ3) is 6.00. The fourth-order valence-electron chi connectivity index (χ4n) is 3.47. The Balaban J connectivity index is 2.25. The van der Waals surface area contributed by atoms with E-state index in [1.54, 1.807) is 0 Å². The third-order valence-electron chi connectivity index (χ3n) is 4.45. The van der Waals surface area contributed by atoms with Crippen LogP contribution in [0.4, 0.5) is 0 Å². The van der Waals surface area contributed by atoms with E-state index in [-0.39, 0.29) is 5.41 Å². The van der Waals surface area contributed by atoms with E-state index in [9.17, 15) is 0 Å². The predicted molar refractivity (Wildman–Crippen MR) is 113 cm³/mol. The topological polar surface area (TPSA) is 24.8 Å². The second kappa shape index (κ2) is 8.88. The Morgan fingerprint density at radius 2 is 1.92 bits per heavy atom. The molecule has 1 aliphatic rings. The zero-order chi connectivity index (χ0) is 19.3.